The van der Waals surface area contributed by atoms with Gasteiger partial charge >= 0.3 is 6.03 Å². The van der Waals surface area contributed by atoms with Crippen molar-refractivity contribution < 1.29 is 4.79 Å². The predicted molar refractivity (Wildman–Crippen MR) is 68.6 cm³/mol. The summed E-state index contributed by atoms with van der Waals surface area (Å²) in [5.74, 6) is 0. The van der Waals surface area contributed by atoms with Gasteiger partial charge < -0.3 is 9.88 Å². The lowest BCUT2D eigenvalue weighted by atomic mass is 10.3. The monoisotopic (exact) mass is 250 g/mol. The number of urea groups is 1. The summed E-state index contributed by atoms with van der Waals surface area (Å²) in [4.78, 5) is 12.0. The molecule has 2 N–H and O–H groups in total. The van der Waals surface area contributed by atoms with Crippen LogP contribution in [0, 0.1) is 0 Å². The lowest BCUT2D eigenvalue weighted by Gasteiger charge is -1.98. The summed E-state index contributed by atoms with van der Waals surface area (Å²) < 4.78 is 3.10. The van der Waals surface area contributed by atoms with Crippen molar-refractivity contribution in [3.63, 3.8) is 0 Å². The standard InChI is InChI=1S/C11H14N4OS/c1-3-12-10(16)13-14-11-15(2)8-6-4-5-7-9(8)17-11/h4-7H,3H2,1-2H3,(H2,12,13,16)/b14-11-. The maximum absolute atomic E-state index is 11.2. The van der Waals surface area contributed by atoms with Crippen LogP contribution in [0.1, 0.15) is 6.92 Å². The van der Waals surface area contributed by atoms with Crippen LogP contribution in [0.2, 0.25) is 0 Å². The van der Waals surface area contributed by atoms with Crippen molar-refractivity contribution in [1.82, 2.24) is 15.3 Å². The average Bonchev–Trinajstić information content (AvgIpc) is 2.65. The summed E-state index contributed by atoms with van der Waals surface area (Å²) in [7, 11) is 1.93. The summed E-state index contributed by atoms with van der Waals surface area (Å²) in [5, 5.41) is 6.70. The van der Waals surface area contributed by atoms with Crippen LogP contribution in [-0.2, 0) is 7.05 Å². The summed E-state index contributed by atoms with van der Waals surface area (Å²) in [6.45, 7) is 2.44. The second-order valence-corrected chi connectivity index (χ2v) is 4.50. The Morgan fingerprint density at radius 2 is 2.24 bits per heavy atom. The van der Waals surface area contributed by atoms with Gasteiger partial charge in [-0.15, -0.1) is 5.10 Å². The SMILES string of the molecule is CCNC(=O)N/N=c1\sc2ccccc2n1C. The number of aromatic nitrogens is 1. The van der Waals surface area contributed by atoms with Crippen LogP contribution >= 0.6 is 11.3 Å². The second-order valence-electron chi connectivity index (χ2n) is 3.49. The normalized spacial score (nSPS) is 11.8. The molecule has 0 atom stereocenters. The molecule has 0 aliphatic rings. The third kappa shape index (κ3) is 2.47. The van der Waals surface area contributed by atoms with E-state index in [2.05, 4.69) is 15.8 Å². The Balaban J connectivity index is 2.32. The zero-order chi connectivity index (χ0) is 12.3. The highest BCUT2D eigenvalue weighted by molar-refractivity contribution is 7.16. The van der Waals surface area contributed by atoms with Crippen molar-refractivity contribution in [2.75, 3.05) is 6.54 Å². The van der Waals surface area contributed by atoms with E-state index in [1.54, 1.807) is 0 Å². The molecule has 0 bridgehead atoms. The Hall–Kier alpha value is -1.82. The van der Waals surface area contributed by atoms with Crippen LogP contribution in [0.4, 0.5) is 4.79 Å². The molecule has 2 aromatic rings. The average molecular weight is 250 g/mol. The molecular weight excluding hydrogens is 236 g/mol. The van der Waals surface area contributed by atoms with Gasteiger partial charge in [-0.1, -0.05) is 23.5 Å². The van der Waals surface area contributed by atoms with Gasteiger partial charge in [0.1, 0.15) is 0 Å². The highest BCUT2D eigenvalue weighted by Crippen LogP contribution is 2.14. The molecule has 90 valence electrons. The minimum atomic E-state index is -0.287. The van der Waals surface area contributed by atoms with E-state index >= 15 is 0 Å². The Kier molecular flexibility index (Phi) is 3.43. The topological polar surface area (TPSA) is 58.4 Å². The highest BCUT2D eigenvalue weighted by atomic mass is 32.1. The number of nitrogens with one attached hydrogen (secondary N) is 2. The number of benzene rings is 1. The van der Waals surface area contributed by atoms with Crippen LogP contribution in [0.25, 0.3) is 10.2 Å². The molecule has 6 heteroatoms. The number of amides is 2. The van der Waals surface area contributed by atoms with Crippen molar-refractivity contribution in [3.8, 4) is 0 Å². The molecule has 1 aromatic carbocycles. The van der Waals surface area contributed by atoms with E-state index in [0.717, 1.165) is 15.0 Å². The maximum Gasteiger partial charge on any atom is 0.335 e. The van der Waals surface area contributed by atoms with Crippen molar-refractivity contribution in [3.05, 3.63) is 29.1 Å². The molecule has 1 heterocycles. The number of carbonyl (C=O) groups excluding carboxylic acids is 1. The van der Waals surface area contributed by atoms with Crippen LogP contribution in [0.15, 0.2) is 29.4 Å². The summed E-state index contributed by atoms with van der Waals surface area (Å²) in [6, 6.07) is 7.74. The second kappa shape index (κ2) is 5.01. The van der Waals surface area contributed by atoms with Crippen LogP contribution in [0.5, 0.6) is 0 Å². The Morgan fingerprint density at radius 1 is 1.47 bits per heavy atom. The summed E-state index contributed by atoms with van der Waals surface area (Å²) >= 11 is 1.54. The van der Waals surface area contributed by atoms with E-state index in [0.29, 0.717) is 6.54 Å². The maximum atomic E-state index is 11.2. The van der Waals surface area contributed by atoms with Crippen molar-refractivity contribution >= 4 is 27.6 Å². The molecule has 1 aromatic heterocycles. The van der Waals surface area contributed by atoms with Gasteiger partial charge in [-0.2, -0.15) is 0 Å². The molecule has 0 saturated carbocycles. The lowest BCUT2D eigenvalue weighted by Crippen LogP contribution is -2.33. The molecule has 5 nitrogen and oxygen atoms in total. The van der Waals surface area contributed by atoms with Gasteiger partial charge in [-0.3, -0.25) is 0 Å². The zero-order valence-electron chi connectivity index (χ0n) is 9.73. The van der Waals surface area contributed by atoms with E-state index < -0.39 is 0 Å². The number of carbonyl (C=O) groups is 1. The van der Waals surface area contributed by atoms with Gasteiger partial charge in [-0.05, 0) is 19.1 Å². The molecule has 0 aliphatic heterocycles. The van der Waals surface area contributed by atoms with E-state index in [1.165, 1.54) is 11.3 Å². The lowest BCUT2D eigenvalue weighted by molar-refractivity contribution is 0.241. The van der Waals surface area contributed by atoms with Gasteiger partial charge in [-0.25, -0.2) is 10.2 Å². The Labute approximate surface area is 103 Å². The molecule has 0 spiro atoms. The van der Waals surface area contributed by atoms with Gasteiger partial charge in [0.15, 0.2) is 0 Å². The van der Waals surface area contributed by atoms with Crippen LogP contribution in [0.3, 0.4) is 0 Å². The fourth-order valence-corrected chi connectivity index (χ4v) is 2.47. The number of hydrogen-bond donors (Lipinski definition) is 2. The van der Waals surface area contributed by atoms with Gasteiger partial charge in [0.2, 0.25) is 4.80 Å². The van der Waals surface area contributed by atoms with Gasteiger partial charge in [0, 0.05) is 13.6 Å². The summed E-state index contributed by atoms with van der Waals surface area (Å²) in [5.41, 5.74) is 3.57. The number of para-hydroxylation sites is 1. The van der Waals surface area contributed by atoms with Crippen LogP contribution < -0.4 is 15.5 Å². The zero-order valence-corrected chi connectivity index (χ0v) is 10.5. The third-order valence-electron chi connectivity index (χ3n) is 2.31. The number of rotatable bonds is 2. The minimum absolute atomic E-state index is 0.287. The third-order valence-corrected chi connectivity index (χ3v) is 3.42. The molecular formula is C11H14N4OS. The van der Waals surface area contributed by atoms with Crippen LogP contribution in [-0.4, -0.2) is 17.1 Å². The fourth-order valence-electron chi connectivity index (χ4n) is 1.49. The molecule has 17 heavy (non-hydrogen) atoms. The number of fused-ring (bicyclic) bond motifs is 1. The van der Waals surface area contributed by atoms with E-state index in [1.807, 2.05) is 42.8 Å². The smallest absolute Gasteiger partial charge is 0.335 e. The van der Waals surface area contributed by atoms with Gasteiger partial charge in [0.05, 0.1) is 10.2 Å². The van der Waals surface area contributed by atoms with E-state index in [9.17, 15) is 4.79 Å². The largest absolute Gasteiger partial charge is 0.337 e. The minimum Gasteiger partial charge on any atom is -0.337 e. The molecule has 0 radical (unpaired) electrons. The number of aryl methyl sites for hydroxylation is 1. The Morgan fingerprint density at radius 3 is 2.94 bits per heavy atom. The van der Waals surface area contributed by atoms with E-state index in [-0.39, 0.29) is 6.03 Å². The number of hydrogen-bond acceptors (Lipinski definition) is 3. The molecule has 0 unspecified atom stereocenters. The first-order chi connectivity index (χ1) is 8.22. The number of nitrogens with zero attached hydrogens (tertiary/aromatic N) is 2. The quantitative estimate of drug-likeness (QED) is 0.777. The molecule has 0 saturated heterocycles. The molecule has 2 amide bonds. The first-order valence-electron chi connectivity index (χ1n) is 5.34. The summed E-state index contributed by atoms with van der Waals surface area (Å²) in [6.07, 6.45) is 0. The molecule has 0 fully saturated rings. The number of thiazole rings is 1. The first-order valence-corrected chi connectivity index (χ1v) is 6.16. The van der Waals surface area contributed by atoms with Crippen molar-refractivity contribution in [2.45, 2.75) is 6.92 Å². The molecule has 2 rings (SSSR count). The van der Waals surface area contributed by atoms with E-state index in [4.69, 9.17) is 0 Å². The molecule has 0 aliphatic carbocycles. The Bertz CT molecular complexity index is 599. The fraction of sp³-hybridized carbons (Fsp3) is 0.273. The predicted octanol–water partition coefficient (Wildman–Crippen LogP) is 1.37. The van der Waals surface area contributed by atoms with Crippen molar-refractivity contribution in [2.24, 2.45) is 12.1 Å². The highest BCUT2D eigenvalue weighted by Gasteiger charge is 2.01. The first kappa shape index (κ1) is 11.7. The van der Waals surface area contributed by atoms with Gasteiger partial charge in [0.25, 0.3) is 0 Å². The van der Waals surface area contributed by atoms with Crippen molar-refractivity contribution in [1.29, 1.82) is 0 Å².